The number of hydrogen-bond donors (Lipinski definition) is 1. The zero-order valence-electron chi connectivity index (χ0n) is 16.4. The van der Waals surface area contributed by atoms with Gasteiger partial charge in [-0.2, -0.15) is 0 Å². The van der Waals surface area contributed by atoms with Gasteiger partial charge in [0.2, 0.25) is 5.91 Å². The number of thiazole rings is 1. The fourth-order valence-corrected chi connectivity index (χ4v) is 4.23. The lowest BCUT2D eigenvalue weighted by Crippen LogP contribution is -2.40. The molecule has 3 heterocycles. The molecule has 1 amide bonds. The van der Waals surface area contributed by atoms with Crippen molar-refractivity contribution < 1.29 is 9.53 Å². The topological polar surface area (TPSA) is 67.3 Å². The molecule has 0 radical (unpaired) electrons. The first-order valence-corrected chi connectivity index (χ1v) is 10.6. The Bertz CT molecular complexity index is 944. The Morgan fingerprint density at radius 1 is 1.28 bits per heavy atom. The van der Waals surface area contributed by atoms with E-state index in [0.717, 1.165) is 48.6 Å². The first kappa shape index (κ1) is 19.5. The largest absolute Gasteiger partial charge is 0.497 e. The lowest BCUT2D eigenvalue weighted by Gasteiger charge is -2.32. The van der Waals surface area contributed by atoms with Crippen LogP contribution >= 0.6 is 11.3 Å². The number of nitrogens with zero attached hydrogens (tertiary/aromatic N) is 3. The van der Waals surface area contributed by atoms with Gasteiger partial charge in [-0.25, -0.2) is 4.98 Å². The zero-order valence-corrected chi connectivity index (χ0v) is 17.2. The van der Waals surface area contributed by atoms with Gasteiger partial charge in [0.25, 0.3) is 0 Å². The molecule has 1 aliphatic rings. The van der Waals surface area contributed by atoms with E-state index in [1.54, 1.807) is 13.3 Å². The van der Waals surface area contributed by atoms with Crippen molar-refractivity contribution in [2.45, 2.75) is 18.8 Å². The van der Waals surface area contributed by atoms with Gasteiger partial charge in [0.05, 0.1) is 19.3 Å². The molecule has 2 aromatic heterocycles. The number of amides is 1. The summed E-state index contributed by atoms with van der Waals surface area (Å²) in [4.78, 5) is 23.5. The van der Waals surface area contributed by atoms with Gasteiger partial charge in [0, 0.05) is 35.3 Å². The summed E-state index contributed by atoms with van der Waals surface area (Å²) in [6.07, 6.45) is 3.84. The van der Waals surface area contributed by atoms with E-state index in [-0.39, 0.29) is 5.91 Å². The number of nitrogens with one attached hydrogen (secondary N) is 1. The van der Waals surface area contributed by atoms with E-state index in [9.17, 15) is 4.79 Å². The molecule has 1 saturated heterocycles. The number of likely N-dealkylation sites (tertiary alicyclic amines) is 1. The van der Waals surface area contributed by atoms with Gasteiger partial charge in [0.1, 0.15) is 5.75 Å². The Balaban J connectivity index is 1.41. The summed E-state index contributed by atoms with van der Waals surface area (Å²) < 4.78 is 5.24. The van der Waals surface area contributed by atoms with Crippen LogP contribution in [-0.4, -0.2) is 47.5 Å². The van der Waals surface area contributed by atoms with Crippen LogP contribution < -0.4 is 10.1 Å². The van der Waals surface area contributed by atoms with E-state index in [0.29, 0.717) is 17.6 Å². The van der Waals surface area contributed by atoms with Crippen LogP contribution in [0, 0.1) is 0 Å². The van der Waals surface area contributed by atoms with Crippen molar-refractivity contribution in [1.29, 1.82) is 0 Å². The van der Waals surface area contributed by atoms with E-state index in [1.807, 2.05) is 35.7 Å². The maximum Gasteiger partial charge on any atom is 0.240 e. The summed E-state index contributed by atoms with van der Waals surface area (Å²) >= 11 is 1.43. The standard InChI is InChI=1S/C22H24N4O2S/c1-28-18-9-7-16(8-10-18)19-5-2-6-20(24-19)17-4-3-12-26(14-17)15-21(27)25-22-23-11-13-29-22/h2,5-11,13,17H,3-4,12,14-15H2,1H3,(H,23,25,27)/t17-/m0/s1. The number of piperidine rings is 1. The molecule has 0 aliphatic carbocycles. The van der Waals surface area contributed by atoms with Crippen molar-refractivity contribution in [3.05, 3.63) is 59.7 Å². The molecule has 7 heteroatoms. The molecule has 1 fully saturated rings. The Hall–Kier alpha value is -2.77. The van der Waals surface area contributed by atoms with E-state index in [1.165, 1.54) is 11.3 Å². The number of ether oxygens (including phenoxy) is 1. The van der Waals surface area contributed by atoms with Gasteiger partial charge in [-0.1, -0.05) is 6.07 Å². The van der Waals surface area contributed by atoms with Gasteiger partial charge in [0.15, 0.2) is 5.13 Å². The van der Waals surface area contributed by atoms with Crippen LogP contribution in [0.25, 0.3) is 11.3 Å². The van der Waals surface area contributed by atoms with Crippen LogP contribution in [0.1, 0.15) is 24.5 Å². The van der Waals surface area contributed by atoms with Crippen molar-refractivity contribution >= 4 is 22.4 Å². The lowest BCUT2D eigenvalue weighted by atomic mass is 9.94. The Labute approximate surface area is 174 Å². The van der Waals surface area contributed by atoms with Crippen molar-refractivity contribution in [1.82, 2.24) is 14.9 Å². The molecule has 0 saturated carbocycles. The van der Waals surface area contributed by atoms with Crippen LogP contribution in [0.5, 0.6) is 5.75 Å². The molecule has 0 spiro atoms. The van der Waals surface area contributed by atoms with Crippen LogP contribution in [0.4, 0.5) is 5.13 Å². The maximum atomic E-state index is 12.3. The second-order valence-corrected chi connectivity index (χ2v) is 8.03. The molecule has 6 nitrogen and oxygen atoms in total. The molecule has 1 aliphatic heterocycles. The fourth-order valence-electron chi connectivity index (χ4n) is 3.69. The third kappa shape index (κ3) is 4.99. The number of benzene rings is 1. The monoisotopic (exact) mass is 408 g/mol. The number of pyridine rings is 1. The van der Waals surface area contributed by atoms with Crippen molar-refractivity contribution in [2.75, 3.05) is 32.1 Å². The first-order valence-electron chi connectivity index (χ1n) is 9.74. The van der Waals surface area contributed by atoms with Gasteiger partial charge >= 0.3 is 0 Å². The molecule has 150 valence electrons. The lowest BCUT2D eigenvalue weighted by molar-refractivity contribution is -0.117. The van der Waals surface area contributed by atoms with Crippen LogP contribution in [-0.2, 0) is 4.79 Å². The molecule has 1 aromatic carbocycles. The highest BCUT2D eigenvalue weighted by molar-refractivity contribution is 7.13. The quantitative estimate of drug-likeness (QED) is 0.667. The Morgan fingerprint density at radius 2 is 2.14 bits per heavy atom. The van der Waals surface area contributed by atoms with Crippen molar-refractivity contribution in [3.63, 3.8) is 0 Å². The minimum atomic E-state index is -0.0134. The number of aromatic nitrogens is 2. The molecule has 29 heavy (non-hydrogen) atoms. The first-order chi connectivity index (χ1) is 14.2. The summed E-state index contributed by atoms with van der Waals surface area (Å²) in [6, 6.07) is 14.2. The molecule has 1 N–H and O–H groups in total. The molecule has 3 aromatic rings. The van der Waals surface area contributed by atoms with E-state index in [4.69, 9.17) is 9.72 Å². The molecule has 0 bridgehead atoms. The van der Waals surface area contributed by atoms with Crippen LogP contribution in [0.3, 0.4) is 0 Å². The van der Waals surface area contributed by atoms with Gasteiger partial charge in [-0.05, 0) is 55.8 Å². The minimum absolute atomic E-state index is 0.0134. The third-order valence-corrected chi connectivity index (χ3v) is 5.81. The highest BCUT2D eigenvalue weighted by Gasteiger charge is 2.24. The summed E-state index contributed by atoms with van der Waals surface area (Å²) in [7, 11) is 1.67. The summed E-state index contributed by atoms with van der Waals surface area (Å²) in [5, 5.41) is 5.37. The molecule has 0 unspecified atom stereocenters. The van der Waals surface area contributed by atoms with Gasteiger partial charge < -0.3 is 10.1 Å². The predicted octanol–water partition coefficient (Wildman–Crippen LogP) is 4.03. The summed E-state index contributed by atoms with van der Waals surface area (Å²) in [5.41, 5.74) is 3.12. The van der Waals surface area contributed by atoms with Crippen molar-refractivity contribution in [3.8, 4) is 17.0 Å². The number of carbonyl (C=O) groups excluding carboxylic acids is 1. The third-order valence-electron chi connectivity index (χ3n) is 5.13. The van der Waals surface area contributed by atoms with E-state index < -0.39 is 0 Å². The summed E-state index contributed by atoms with van der Waals surface area (Å²) in [6.45, 7) is 2.15. The number of anilines is 1. The van der Waals surface area contributed by atoms with Crippen LogP contribution in [0.15, 0.2) is 54.0 Å². The zero-order chi connectivity index (χ0) is 20.1. The molecular weight excluding hydrogens is 384 g/mol. The maximum absolute atomic E-state index is 12.3. The van der Waals surface area contributed by atoms with E-state index in [2.05, 4.69) is 27.3 Å². The number of carbonyl (C=O) groups is 1. The second kappa shape index (κ2) is 9.15. The van der Waals surface area contributed by atoms with Gasteiger partial charge in [-0.3, -0.25) is 14.7 Å². The Morgan fingerprint density at radius 3 is 2.90 bits per heavy atom. The minimum Gasteiger partial charge on any atom is -0.497 e. The number of rotatable bonds is 6. The van der Waals surface area contributed by atoms with E-state index >= 15 is 0 Å². The highest BCUT2D eigenvalue weighted by Crippen LogP contribution is 2.28. The average molecular weight is 409 g/mol. The molecule has 4 rings (SSSR count). The molecular formula is C22H24N4O2S. The number of hydrogen-bond acceptors (Lipinski definition) is 6. The predicted molar refractivity (Wildman–Crippen MR) is 115 cm³/mol. The van der Waals surface area contributed by atoms with Crippen molar-refractivity contribution in [2.24, 2.45) is 0 Å². The van der Waals surface area contributed by atoms with Crippen LogP contribution in [0.2, 0.25) is 0 Å². The highest BCUT2D eigenvalue weighted by atomic mass is 32.1. The SMILES string of the molecule is COc1ccc(-c2cccc([C@H]3CCCN(CC(=O)Nc4nccs4)C3)n2)cc1. The smallest absolute Gasteiger partial charge is 0.240 e. The summed E-state index contributed by atoms with van der Waals surface area (Å²) in [5.74, 6) is 1.15. The normalized spacial score (nSPS) is 17.1. The second-order valence-electron chi connectivity index (χ2n) is 7.14. The van der Waals surface area contributed by atoms with Gasteiger partial charge in [-0.15, -0.1) is 11.3 Å². The Kier molecular flexibility index (Phi) is 6.17. The fraction of sp³-hybridized carbons (Fsp3) is 0.318. The molecule has 1 atom stereocenters. The number of methoxy groups -OCH3 is 1. The average Bonchev–Trinajstić information content (AvgIpc) is 3.27.